The number of carbonyl (C=O) groups excluding carboxylic acids is 1. The van der Waals surface area contributed by atoms with Crippen molar-refractivity contribution >= 4 is 22.8 Å². The highest BCUT2D eigenvalue weighted by molar-refractivity contribution is 6.13. The minimum Gasteiger partial charge on any atom is -0.494 e. The minimum absolute atomic E-state index is 0.0997. The van der Waals surface area contributed by atoms with E-state index in [0.29, 0.717) is 5.82 Å². The summed E-state index contributed by atoms with van der Waals surface area (Å²) in [6.07, 6.45) is 4.50. The fourth-order valence-electron chi connectivity index (χ4n) is 4.10. The van der Waals surface area contributed by atoms with E-state index in [9.17, 15) is 4.79 Å². The Morgan fingerprint density at radius 2 is 1.56 bits per heavy atom. The molecule has 0 saturated heterocycles. The van der Waals surface area contributed by atoms with E-state index < -0.39 is 23.1 Å². The fourth-order valence-corrected chi connectivity index (χ4v) is 4.10. The molecule has 2 aromatic carbocycles. The van der Waals surface area contributed by atoms with Gasteiger partial charge in [-0.3, -0.25) is 14.8 Å². The molecule has 204 valence electrons. The summed E-state index contributed by atoms with van der Waals surface area (Å²) in [5, 5.41) is 2.76. The van der Waals surface area contributed by atoms with E-state index in [4.69, 9.17) is 9.47 Å². The van der Waals surface area contributed by atoms with Crippen molar-refractivity contribution in [3.63, 3.8) is 0 Å². The Morgan fingerprint density at radius 1 is 0.897 bits per heavy atom. The predicted molar refractivity (Wildman–Crippen MR) is 145 cm³/mol. The fraction of sp³-hybridized carbons (Fsp3) is 0.286. The summed E-state index contributed by atoms with van der Waals surface area (Å²) in [4.78, 5) is 30.5. The molecule has 0 unspecified atom stereocenters. The predicted octanol–water partition coefficient (Wildman–Crippen LogP) is 4.23. The molecule has 2 aromatic heterocycles. The molecular weight excluding hydrogens is 506 g/mol. The number of amides is 1. The van der Waals surface area contributed by atoms with Crippen molar-refractivity contribution in [2.45, 2.75) is 6.54 Å². The van der Waals surface area contributed by atoms with Gasteiger partial charge >= 0.3 is 0 Å². The van der Waals surface area contributed by atoms with Gasteiger partial charge in [0.1, 0.15) is 11.3 Å². The largest absolute Gasteiger partial charge is 0.494 e. The monoisotopic (exact) mass is 536 g/mol. The number of methoxy groups -OCH3 is 2. The zero-order valence-corrected chi connectivity index (χ0v) is 22.5. The smallest absolute Gasteiger partial charge is 0.259 e. The molecule has 0 spiro atoms. The van der Waals surface area contributed by atoms with Gasteiger partial charge in [-0.15, -0.1) is 0 Å². The number of pyridine rings is 1. The molecule has 4 aromatic rings. The van der Waals surface area contributed by atoms with E-state index in [-0.39, 0.29) is 33.7 Å². The average Bonchev–Trinajstić information content (AvgIpc) is 2.93. The number of nitrogens with zero attached hydrogens (tertiary/aromatic N) is 5. The van der Waals surface area contributed by atoms with Crippen LogP contribution in [0.2, 0.25) is 0 Å². The number of hydrogen-bond acceptors (Lipinski definition) is 8. The van der Waals surface area contributed by atoms with Crippen LogP contribution < -0.4 is 14.8 Å². The van der Waals surface area contributed by atoms with Crippen LogP contribution in [0, 0.1) is 11.6 Å². The van der Waals surface area contributed by atoms with Crippen LogP contribution in [0.1, 0.15) is 15.9 Å². The van der Waals surface area contributed by atoms with Crippen molar-refractivity contribution in [3.8, 4) is 22.6 Å². The van der Waals surface area contributed by atoms with Crippen molar-refractivity contribution in [2.75, 3.05) is 53.8 Å². The van der Waals surface area contributed by atoms with E-state index in [1.54, 1.807) is 12.3 Å². The molecule has 11 heteroatoms. The maximum absolute atomic E-state index is 15.2. The van der Waals surface area contributed by atoms with E-state index in [1.807, 2.05) is 27.2 Å². The Labute approximate surface area is 225 Å². The van der Waals surface area contributed by atoms with Crippen molar-refractivity contribution in [1.82, 2.24) is 24.8 Å². The van der Waals surface area contributed by atoms with E-state index in [2.05, 4.69) is 30.1 Å². The number of anilines is 1. The van der Waals surface area contributed by atoms with Crippen molar-refractivity contribution in [1.29, 1.82) is 0 Å². The lowest BCUT2D eigenvalue weighted by Crippen LogP contribution is -2.28. The number of likely N-dealkylation sites (N-methyl/N-ethyl adjacent to an activating group) is 2. The van der Waals surface area contributed by atoms with E-state index in [1.165, 1.54) is 38.7 Å². The van der Waals surface area contributed by atoms with Crippen molar-refractivity contribution in [3.05, 3.63) is 71.7 Å². The molecule has 2 heterocycles. The standard InChI is InChI=1S/C28H30F2N6O3/c1-35(2)12-13-36(3)16-17-6-9-22(33-15-17)34-28(37)19-8-7-18(26-27(19)32-11-10-31-26)23-24(29)20(38-4)14-21(39-5)25(23)30/h6-11,14-15H,12-13,16H2,1-5H3,(H,33,34,37). The summed E-state index contributed by atoms with van der Waals surface area (Å²) >= 11 is 0. The number of rotatable bonds is 10. The lowest BCUT2D eigenvalue weighted by atomic mass is 9.98. The molecule has 0 aliphatic heterocycles. The first-order chi connectivity index (χ1) is 18.7. The second kappa shape index (κ2) is 12.1. The number of aromatic nitrogens is 3. The summed E-state index contributed by atoms with van der Waals surface area (Å²) in [6.45, 7) is 2.57. The SMILES string of the molecule is COc1cc(OC)c(F)c(-c2ccc(C(=O)Nc3ccc(CN(C)CCN(C)C)cn3)c3nccnc23)c1F. The summed E-state index contributed by atoms with van der Waals surface area (Å²) < 4.78 is 40.6. The third-order valence-corrected chi connectivity index (χ3v) is 6.16. The van der Waals surface area contributed by atoms with Gasteiger partial charge in [0, 0.05) is 49.9 Å². The van der Waals surface area contributed by atoms with Gasteiger partial charge in [-0.1, -0.05) is 12.1 Å². The number of nitrogens with one attached hydrogen (secondary N) is 1. The summed E-state index contributed by atoms with van der Waals surface area (Å²) in [5.41, 5.74) is 1.20. The summed E-state index contributed by atoms with van der Waals surface area (Å²) in [5.74, 6) is -2.36. The van der Waals surface area contributed by atoms with Crippen LogP contribution in [0.3, 0.4) is 0 Å². The van der Waals surface area contributed by atoms with E-state index in [0.717, 1.165) is 31.3 Å². The number of benzene rings is 2. The zero-order chi connectivity index (χ0) is 28.1. The van der Waals surface area contributed by atoms with Gasteiger partial charge in [0.05, 0.1) is 30.9 Å². The second-order valence-electron chi connectivity index (χ2n) is 9.25. The Kier molecular flexibility index (Phi) is 8.62. The number of carbonyl (C=O) groups is 1. The summed E-state index contributed by atoms with van der Waals surface area (Å²) in [6, 6.07) is 7.62. The topological polar surface area (TPSA) is 92.7 Å². The van der Waals surface area contributed by atoms with Gasteiger partial charge in [0.25, 0.3) is 5.91 Å². The van der Waals surface area contributed by atoms with Gasteiger partial charge in [0.2, 0.25) is 0 Å². The zero-order valence-electron chi connectivity index (χ0n) is 22.5. The lowest BCUT2D eigenvalue weighted by Gasteiger charge is -2.19. The number of halogens is 2. The highest BCUT2D eigenvalue weighted by atomic mass is 19.1. The number of hydrogen-bond donors (Lipinski definition) is 1. The maximum Gasteiger partial charge on any atom is 0.259 e. The Morgan fingerprint density at radius 3 is 2.15 bits per heavy atom. The van der Waals surface area contributed by atoms with Crippen LogP contribution in [0.4, 0.5) is 14.6 Å². The van der Waals surface area contributed by atoms with Gasteiger partial charge in [-0.25, -0.2) is 13.8 Å². The Hall–Kier alpha value is -4.22. The van der Waals surface area contributed by atoms with Crippen LogP contribution in [0.15, 0.2) is 48.9 Å². The van der Waals surface area contributed by atoms with Gasteiger partial charge in [0.15, 0.2) is 23.1 Å². The molecular formula is C28H30F2N6O3. The van der Waals surface area contributed by atoms with Crippen LogP contribution in [-0.4, -0.2) is 79.1 Å². The lowest BCUT2D eigenvalue weighted by molar-refractivity contribution is 0.102. The molecule has 0 aliphatic rings. The van der Waals surface area contributed by atoms with Gasteiger partial charge in [-0.05, 0) is 38.8 Å². The molecule has 39 heavy (non-hydrogen) atoms. The quantitative estimate of drug-likeness (QED) is 0.322. The molecule has 0 saturated carbocycles. The molecule has 4 rings (SSSR count). The molecule has 1 N–H and O–H groups in total. The Balaban J connectivity index is 1.62. The van der Waals surface area contributed by atoms with Crippen LogP contribution in [0.5, 0.6) is 11.5 Å². The molecule has 0 radical (unpaired) electrons. The van der Waals surface area contributed by atoms with Crippen LogP contribution >= 0.6 is 0 Å². The first-order valence-electron chi connectivity index (χ1n) is 12.2. The Bertz CT molecular complexity index is 1450. The molecule has 9 nitrogen and oxygen atoms in total. The molecule has 0 bridgehead atoms. The first kappa shape index (κ1) is 27.8. The van der Waals surface area contributed by atoms with E-state index >= 15 is 8.78 Å². The molecule has 0 aliphatic carbocycles. The third kappa shape index (κ3) is 6.10. The third-order valence-electron chi connectivity index (χ3n) is 6.16. The highest BCUT2D eigenvalue weighted by Crippen LogP contribution is 2.40. The maximum atomic E-state index is 15.2. The van der Waals surface area contributed by atoms with Gasteiger partial charge < -0.3 is 24.6 Å². The second-order valence-corrected chi connectivity index (χ2v) is 9.25. The normalized spacial score (nSPS) is 11.3. The van der Waals surface area contributed by atoms with Gasteiger partial charge in [-0.2, -0.15) is 0 Å². The van der Waals surface area contributed by atoms with Crippen LogP contribution in [-0.2, 0) is 6.54 Å². The summed E-state index contributed by atoms with van der Waals surface area (Å²) in [7, 11) is 8.64. The first-order valence-corrected chi connectivity index (χ1v) is 12.2. The minimum atomic E-state index is -0.920. The van der Waals surface area contributed by atoms with Crippen molar-refractivity contribution in [2.24, 2.45) is 0 Å². The number of ether oxygens (including phenoxy) is 2. The van der Waals surface area contributed by atoms with Crippen LogP contribution in [0.25, 0.3) is 22.2 Å². The molecule has 0 fully saturated rings. The molecule has 1 amide bonds. The van der Waals surface area contributed by atoms with Crippen molar-refractivity contribution < 1.29 is 23.0 Å². The highest BCUT2D eigenvalue weighted by Gasteiger charge is 2.25. The molecule has 0 atom stereocenters. The average molecular weight is 537 g/mol. The number of fused-ring (bicyclic) bond motifs is 1.